The summed E-state index contributed by atoms with van der Waals surface area (Å²) in [7, 11) is 0. The minimum atomic E-state index is -0.328. The van der Waals surface area contributed by atoms with Crippen LogP contribution >= 0.6 is 27.3 Å². The van der Waals surface area contributed by atoms with E-state index in [1.54, 1.807) is 13.0 Å². The number of carbonyl (C=O) groups is 1. The Labute approximate surface area is 117 Å². The maximum atomic E-state index is 11.7. The Balaban J connectivity index is 2.45. The average Bonchev–Trinajstić information content (AvgIpc) is 2.67. The smallest absolute Gasteiger partial charge is 0.349 e. The quantitative estimate of drug-likeness (QED) is 0.803. The Morgan fingerprint density at radius 2 is 2.17 bits per heavy atom. The molecule has 0 amide bonds. The fraction of sp³-hybridized carbons (Fsp3) is 0.333. The Morgan fingerprint density at radius 3 is 2.83 bits per heavy atom. The second-order valence-electron chi connectivity index (χ2n) is 3.40. The molecule has 0 radical (unpaired) electrons. The number of esters is 1. The van der Waals surface area contributed by atoms with Crippen LogP contribution in [0.2, 0.25) is 0 Å². The highest BCUT2D eigenvalue weighted by Gasteiger charge is 2.18. The van der Waals surface area contributed by atoms with Crippen molar-refractivity contribution in [1.29, 1.82) is 0 Å². The molecule has 0 atom stereocenters. The van der Waals surface area contributed by atoms with Crippen LogP contribution in [0.25, 0.3) is 10.2 Å². The predicted octanol–water partition coefficient (Wildman–Crippen LogP) is 3.63. The molecule has 0 unspecified atom stereocenters. The fourth-order valence-corrected chi connectivity index (χ4v) is 3.30. The van der Waals surface area contributed by atoms with E-state index >= 15 is 0 Å². The summed E-state index contributed by atoms with van der Waals surface area (Å²) < 4.78 is 11.1. The Bertz CT molecular complexity index is 582. The minimum absolute atomic E-state index is 0.328. The number of pyridine rings is 1. The van der Waals surface area contributed by atoms with Gasteiger partial charge in [-0.15, -0.1) is 11.3 Å². The van der Waals surface area contributed by atoms with Crippen LogP contribution in [0.1, 0.15) is 23.5 Å². The molecule has 2 aromatic rings. The summed E-state index contributed by atoms with van der Waals surface area (Å²) in [4.78, 5) is 17.4. The lowest BCUT2D eigenvalue weighted by Crippen LogP contribution is -2.02. The van der Waals surface area contributed by atoms with E-state index in [1.807, 2.05) is 13.0 Å². The van der Waals surface area contributed by atoms with Crippen LogP contribution in [-0.4, -0.2) is 24.2 Å². The van der Waals surface area contributed by atoms with E-state index in [2.05, 4.69) is 20.9 Å². The molecule has 0 spiro atoms. The standard InChI is InChI=1S/C12H12BrNO3S/c1-3-16-8-6-5-7-9(13)10(12(15)17-4-2)18-11(7)14-8/h5-6H,3-4H2,1-2H3. The number of nitrogens with zero attached hydrogens (tertiary/aromatic N) is 1. The molecule has 0 aliphatic carbocycles. The van der Waals surface area contributed by atoms with Crippen molar-refractivity contribution in [3.63, 3.8) is 0 Å². The molecule has 0 N–H and O–H groups in total. The molecule has 4 nitrogen and oxygen atoms in total. The van der Waals surface area contributed by atoms with E-state index in [0.29, 0.717) is 24.0 Å². The van der Waals surface area contributed by atoms with Crippen molar-refractivity contribution < 1.29 is 14.3 Å². The molecule has 2 heterocycles. The zero-order valence-corrected chi connectivity index (χ0v) is 12.4. The largest absolute Gasteiger partial charge is 0.478 e. The number of halogens is 1. The van der Waals surface area contributed by atoms with Gasteiger partial charge in [-0.2, -0.15) is 0 Å². The first-order valence-electron chi connectivity index (χ1n) is 5.56. The molecule has 18 heavy (non-hydrogen) atoms. The second-order valence-corrected chi connectivity index (χ2v) is 5.19. The maximum absolute atomic E-state index is 11.7. The molecule has 0 aliphatic heterocycles. The van der Waals surface area contributed by atoms with Gasteiger partial charge in [0, 0.05) is 11.5 Å². The van der Waals surface area contributed by atoms with E-state index in [1.165, 1.54) is 11.3 Å². The zero-order chi connectivity index (χ0) is 13.1. The first-order chi connectivity index (χ1) is 8.67. The highest BCUT2D eigenvalue weighted by atomic mass is 79.9. The van der Waals surface area contributed by atoms with Gasteiger partial charge in [0.05, 0.1) is 17.7 Å². The third-order valence-corrected chi connectivity index (χ3v) is 4.39. The number of thiophene rings is 1. The molecule has 0 bridgehead atoms. The lowest BCUT2D eigenvalue weighted by molar-refractivity contribution is 0.0531. The van der Waals surface area contributed by atoms with Gasteiger partial charge in [0.2, 0.25) is 5.88 Å². The fourth-order valence-electron chi connectivity index (χ4n) is 1.49. The summed E-state index contributed by atoms with van der Waals surface area (Å²) in [5.74, 6) is 0.236. The van der Waals surface area contributed by atoms with E-state index in [0.717, 1.165) is 14.7 Å². The lowest BCUT2D eigenvalue weighted by atomic mass is 10.3. The molecule has 0 saturated heterocycles. The number of rotatable bonds is 4. The normalized spacial score (nSPS) is 10.6. The molecule has 0 fully saturated rings. The molecule has 6 heteroatoms. The number of hydrogen-bond donors (Lipinski definition) is 0. The van der Waals surface area contributed by atoms with Crippen LogP contribution in [0.5, 0.6) is 5.88 Å². The first-order valence-corrected chi connectivity index (χ1v) is 7.17. The van der Waals surface area contributed by atoms with E-state index < -0.39 is 0 Å². The summed E-state index contributed by atoms with van der Waals surface area (Å²) in [6.07, 6.45) is 0. The van der Waals surface area contributed by atoms with Gasteiger partial charge in [-0.25, -0.2) is 9.78 Å². The van der Waals surface area contributed by atoms with Gasteiger partial charge in [-0.05, 0) is 35.8 Å². The van der Waals surface area contributed by atoms with Gasteiger partial charge in [0.15, 0.2) is 0 Å². The predicted molar refractivity (Wildman–Crippen MR) is 74.4 cm³/mol. The SMILES string of the molecule is CCOC(=O)c1sc2nc(OCC)ccc2c1Br. The highest BCUT2D eigenvalue weighted by molar-refractivity contribution is 9.10. The van der Waals surface area contributed by atoms with Crippen LogP contribution < -0.4 is 4.74 Å². The summed E-state index contributed by atoms with van der Waals surface area (Å²) in [5.41, 5.74) is 0. The lowest BCUT2D eigenvalue weighted by Gasteiger charge is -2.00. The summed E-state index contributed by atoms with van der Waals surface area (Å²) in [6, 6.07) is 3.68. The maximum Gasteiger partial charge on any atom is 0.349 e. The highest BCUT2D eigenvalue weighted by Crippen LogP contribution is 2.36. The van der Waals surface area contributed by atoms with Crippen molar-refractivity contribution in [2.45, 2.75) is 13.8 Å². The number of aromatic nitrogens is 1. The topological polar surface area (TPSA) is 48.4 Å². The third kappa shape index (κ3) is 2.49. The van der Waals surface area contributed by atoms with Crippen LogP contribution in [0.4, 0.5) is 0 Å². The number of hydrogen-bond acceptors (Lipinski definition) is 5. The van der Waals surface area contributed by atoms with Crippen molar-refractivity contribution >= 4 is 43.5 Å². The second kappa shape index (κ2) is 5.67. The molecule has 0 saturated carbocycles. The summed E-state index contributed by atoms with van der Waals surface area (Å²) in [5, 5.41) is 0.895. The van der Waals surface area contributed by atoms with Crippen molar-refractivity contribution in [3.05, 3.63) is 21.5 Å². The van der Waals surface area contributed by atoms with Crippen LogP contribution in [0.3, 0.4) is 0 Å². The van der Waals surface area contributed by atoms with Crippen molar-refractivity contribution in [2.24, 2.45) is 0 Å². The van der Waals surface area contributed by atoms with Gasteiger partial charge in [0.25, 0.3) is 0 Å². The van der Waals surface area contributed by atoms with Crippen LogP contribution in [-0.2, 0) is 4.74 Å². The van der Waals surface area contributed by atoms with Crippen molar-refractivity contribution in [3.8, 4) is 5.88 Å². The third-order valence-electron chi connectivity index (χ3n) is 2.22. The van der Waals surface area contributed by atoms with Gasteiger partial charge in [-0.3, -0.25) is 0 Å². The minimum Gasteiger partial charge on any atom is -0.478 e. The number of carbonyl (C=O) groups excluding carboxylic acids is 1. The number of ether oxygens (including phenoxy) is 2. The zero-order valence-electron chi connectivity index (χ0n) is 10.0. The van der Waals surface area contributed by atoms with Crippen LogP contribution in [0.15, 0.2) is 16.6 Å². The molecular weight excluding hydrogens is 318 g/mol. The van der Waals surface area contributed by atoms with Crippen molar-refractivity contribution in [2.75, 3.05) is 13.2 Å². The number of fused-ring (bicyclic) bond motifs is 1. The Morgan fingerprint density at radius 1 is 1.39 bits per heavy atom. The molecule has 2 rings (SSSR count). The summed E-state index contributed by atoms with van der Waals surface area (Å²) in [6.45, 7) is 4.61. The Hall–Kier alpha value is -1.14. The molecule has 2 aromatic heterocycles. The Kier molecular flexibility index (Phi) is 4.19. The van der Waals surface area contributed by atoms with Crippen LogP contribution in [0, 0.1) is 0 Å². The van der Waals surface area contributed by atoms with Crippen molar-refractivity contribution in [1.82, 2.24) is 4.98 Å². The van der Waals surface area contributed by atoms with E-state index in [-0.39, 0.29) is 5.97 Å². The average molecular weight is 330 g/mol. The molecule has 0 aliphatic rings. The van der Waals surface area contributed by atoms with E-state index in [9.17, 15) is 4.79 Å². The first kappa shape index (κ1) is 13.3. The van der Waals surface area contributed by atoms with E-state index in [4.69, 9.17) is 9.47 Å². The monoisotopic (exact) mass is 329 g/mol. The van der Waals surface area contributed by atoms with Gasteiger partial charge in [0.1, 0.15) is 9.71 Å². The summed E-state index contributed by atoms with van der Waals surface area (Å²) >= 11 is 4.71. The van der Waals surface area contributed by atoms with Gasteiger partial charge < -0.3 is 9.47 Å². The van der Waals surface area contributed by atoms with Gasteiger partial charge in [-0.1, -0.05) is 0 Å². The molecular formula is C12H12BrNO3S. The molecule has 0 aromatic carbocycles. The van der Waals surface area contributed by atoms with Gasteiger partial charge >= 0.3 is 5.97 Å². The molecule has 96 valence electrons.